The van der Waals surface area contributed by atoms with Gasteiger partial charge >= 0.3 is 17.3 Å². The third kappa shape index (κ3) is 10.0. The molecule has 3 aromatic rings. The average Bonchev–Trinajstić information content (AvgIpc) is 3.53. The molecule has 0 bridgehead atoms. The number of β-lactam (4-membered cyclic amide) rings is 1. The SMILES string of the molecule is CC1(C)[C@H](NC(=O)/C(=N\O[C@@H](COc2ccc(-c3ccc(NC(=O)[C@@H](N)CCCCN)nc3)cc2)C(=O)O)c2csc(N)n2)C(=O)N1OS(=O)O. The number of carbonyl (C=O) groups excluding carboxylic acids is 3. The Bertz CT molecular complexity index is 1770. The quantitative estimate of drug-likeness (QED) is 0.0308. The van der Waals surface area contributed by atoms with Crippen molar-refractivity contribution in [1.29, 1.82) is 0 Å². The number of pyridine rings is 1. The van der Waals surface area contributed by atoms with E-state index in [4.69, 9.17) is 31.3 Å². The summed E-state index contributed by atoms with van der Waals surface area (Å²) in [4.78, 5) is 63.5. The Hall–Kier alpha value is -5.06. The summed E-state index contributed by atoms with van der Waals surface area (Å²) in [5, 5.41) is 20.7. The number of aliphatic carboxylic acids is 1. The second-order valence-corrected chi connectivity index (χ2v) is 13.0. The molecule has 2 aromatic heterocycles. The number of nitrogen functional groups attached to an aromatic ring is 1. The molecule has 4 rings (SSSR count). The number of rotatable bonds is 18. The second kappa shape index (κ2) is 17.2. The first-order chi connectivity index (χ1) is 24.2. The van der Waals surface area contributed by atoms with Gasteiger partial charge in [0.1, 0.15) is 29.9 Å². The number of nitrogens with two attached hydrogens (primary N) is 3. The zero-order valence-electron chi connectivity index (χ0n) is 27.4. The molecule has 0 spiro atoms. The highest BCUT2D eigenvalue weighted by atomic mass is 32.2. The number of amides is 3. The van der Waals surface area contributed by atoms with Crippen LogP contribution in [0.5, 0.6) is 5.75 Å². The van der Waals surface area contributed by atoms with Crippen molar-refractivity contribution in [2.24, 2.45) is 16.6 Å². The van der Waals surface area contributed by atoms with Crippen LogP contribution in [0.1, 0.15) is 38.8 Å². The van der Waals surface area contributed by atoms with Gasteiger partial charge in [-0.2, -0.15) is 9.27 Å². The van der Waals surface area contributed by atoms with Gasteiger partial charge < -0.3 is 42.5 Å². The number of anilines is 2. The van der Waals surface area contributed by atoms with Crippen molar-refractivity contribution in [3.8, 4) is 16.9 Å². The largest absolute Gasteiger partial charge is 0.489 e. The third-order valence-corrected chi connectivity index (χ3v) is 8.48. The molecule has 19 nitrogen and oxygen atoms in total. The van der Waals surface area contributed by atoms with Gasteiger partial charge in [0, 0.05) is 17.1 Å². The fraction of sp³-hybridized carbons (Fsp3) is 0.367. The smallest absolute Gasteiger partial charge is 0.351 e. The maximum absolute atomic E-state index is 13.2. The minimum absolute atomic E-state index is 0.0587. The number of carboxylic acids is 1. The minimum atomic E-state index is -2.78. The molecule has 0 aliphatic carbocycles. The predicted molar refractivity (Wildman–Crippen MR) is 185 cm³/mol. The van der Waals surface area contributed by atoms with Crippen LogP contribution >= 0.6 is 11.3 Å². The van der Waals surface area contributed by atoms with E-state index in [2.05, 4.69) is 30.0 Å². The lowest BCUT2D eigenvalue weighted by Crippen LogP contribution is -2.76. The topological polar surface area (TPSA) is 297 Å². The van der Waals surface area contributed by atoms with E-state index >= 15 is 0 Å². The van der Waals surface area contributed by atoms with Crippen LogP contribution in [0.25, 0.3) is 11.1 Å². The summed E-state index contributed by atoms with van der Waals surface area (Å²) in [6.45, 7) is 2.97. The van der Waals surface area contributed by atoms with Gasteiger partial charge in [0.05, 0.1) is 11.6 Å². The fourth-order valence-electron chi connectivity index (χ4n) is 4.67. The van der Waals surface area contributed by atoms with Crippen LogP contribution in [-0.2, 0) is 39.7 Å². The van der Waals surface area contributed by atoms with Gasteiger partial charge in [-0.25, -0.2) is 14.8 Å². The van der Waals surface area contributed by atoms with Crippen LogP contribution in [0.2, 0.25) is 0 Å². The van der Waals surface area contributed by atoms with E-state index in [0.717, 1.165) is 35.3 Å². The average molecular weight is 748 g/mol. The first-order valence-electron chi connectivity index (χ1n) is 15.3. The zero-order chi connectivity index (χ0) is 37.3. The molecule has 1 aliphatic heterocycles. The number of ether oxygens (including phenoxy) is 1. The van der Waals surface area contributed by atoms with E-state index < -0.39 is 65.2 Å². The first kappa shape index (κ1) is 38.7. The van der Waals surface area contributed by atoms with Crippen molar-refractivity contribution in [2.75, 3.05) is 24.2 Å². The van der Waals surface area contributed by atoms with Gasteiger partial charge in [-0.15, -0.1) is 15.6 Å². The van der Waals surface area contributed by atoms with E-state index in [-0.39, 0.29) is 16.7 Å². The molecule has 274 valence electrons. The summed E-state index contributed by atoms with van der Waals surface area (Å²) >= 11 is -1.81. The molecule has 1 aromatic carbocycles. The molecule has 0 radical (unpaired) electrons. The van der Waals surface area contributed by atoms with E-state index in [1.54, 1.807) is 42.6 Å². The Morgan fingerprint density at radius 3 is 2.43 bits per heavy atom. The Labute approximate surface area is 298 Å². The van der Waals surface area contributed by atoms with Gasteiger partial charge in [-0.05, 0) is 63.1 Å². The van der Waals surface area contributed by atoms with Crippen LogP contribution in [0, 0.1) is 0 Å². The molecule has 0 saturated carbocycles. The maximum Gasteiger partial charge on any atom is 0.351 e. The normalized spacial score (nSPS) is 17.1. The molecule has 1 unspecified atom stereocenters. The monoisotopic (exact) mass is 747 g/mol. The van der Waals surface area contributed by atoms with Crippen molar-refractivity contribution in [3.63, 3.8) is 0 Å². The van der Waals surface area contributed by atoms with Crippen molar-refractivity contribution in [3.05, 3.63) is 53.7 Å². The predicted octanol–water partition coefficient (Wildman–Crippen LogP) is 0.609. The van der Waals surface area contributed by atoms with E-state index in [0.29, 0.717) is 29.6 Å². The summed E-state index contributed by atoms with van der Waals surface area (Å²) in [6, 6.07) is 8.16. The summed E-state index contributed by atoms with van der Waals surface area (Å²) in [6.07, 6.45) is 1.93. The Morgan fingerprint density at radius 1 is 1.16 bits per heavy atom. The molecule has 51 heavy (non-hydrogen) atoms. The summed E-state index contributed by atoms with van der Waals surface area (Å²) in [5.74, 6) is -2.94. The van der Waals surface area contributed by atoms with Crippen molar-refractivity contribution < 1.29 is 46.9 Å². The van der Waals surface area contributed by atoms with E-state index in [1.165, 1.54) is 19.2 Å². The summed E-state index contributed by atoms with van der Waals surface area (Å²) in [5.41, 5.74) is 16.8. The number of hydroxylamine groups is 2. The molecule has 1 fully saturated rings. The Kier molecular flexibility index (Phi) is 13.1. The van der Waals surface area contributed by atoms with Gasteiger partial charge in [0.2, 0.25) is 5.91 Å². The molecular formula is C30H37N9O10S2. The van der Waals surface area contributed by atoms with Crippen molar-refractivity contribution in [2.45, 2.75) is 56.8 Å². The molecule has 3 heterocycles. The van der Waals surface area contributed by atoms with E-state index in [9.17, 15) is 28.5 Å². The molecule has 4 atom stereocenters. The van der Waals surface area contributed by atoms with Crippen LogP contribution in [0.4, 0.5) is 10.9 Å². The van der Waals surface area contributed by atoms with Crippen LogP contribution in [-0.4, -0.2) is 95.2 Å². The first-order valence-corrected chi connectivity index (χ1v) is 17.2. The number of carbonyl (C=O) groups is 4. The van der Waals surface area contributed by atoms with Crippen molar-refractivity contribution >= 4 is 63.1 Å². The maximum atomic E-state index is 13.2. The highest BCUT2D eigenvalue weighted by Crippen LogP contribution is 2.32. The van der Waals surface area contributed by atoms with Gasteiger partial charge in [0.25, 0.3) is 17.9 Å². The molecule has 3 amide bonds. The van der Waals surface area contributed by atoms with Crippen LogP contribution in [0.15, 0.2) is 53.1 Å². The Morgan fingerprint density at radius 2 is 1.86 bits per heavy atom. The minimum Gasteiger partial charge on any atom is -0.489 e. The zero-order valence-corrected chi connectivity index (χ0v) is 29.0. The lowest BCUT2D eigenvalue weighted by Gasteiger charge is -2.50. The van der Waals surface area contributed by atoms with Gasteiger partial charge in [-0.3, -0.25) is 18.9 Å². The standard InChI is InChI=1S/C30H37N9O10S2/c1-30(2)24(27(42)39(30)49-51(45)46)37-26(41)23(20-15-50-29(33)35-20)38-48-21(28(43)44)14-47-18-9-6-16(7-10-18)17-8-11-22(34-13-17)36-25(40)19(32)5-3-4-12-31/h6-11,13,15,19,21,24H,3-5,12,14,31-32H2,1-2H3,(H2,33,35)(H,37,41)(H,43,44)(H,45,46)(H,34,36,40)/b38-23-/t19-,21-,24+/m0/s1. The third-order valence-electron chi connectivity index (χ3n) is 7.53. The highest BCUT2D eigenvalue weighted by Gasteiger charge is 2.57. The summed E-state index contributed by atoms with van der Waals surface area (Å²) < 4.78 is 30.2. The number of carboxylic acid groups (broad SMARTS) is 1. The number of nitrogens with zero attached hydrogens (tertiary/aromatic N) is 4. The number of unbranched alkanes of at least 4 members (excludes halogenated alkanes) is 1. The second-order valence-electron chi connectivity index (χ2n) is 11.6. The fourth-order valence-corrected chi connectivity index (χ4v) is 5.61. The lowest BCUT2D eigenvalue weighted by molar-refractivity contribution is -0.216. The molecule has 1 aliphatic rings. The number of hydrogen-bond donors (Lipinski definition) is 7. The molecule has 10 N–H and O–H groups in total. The highest BCUT2D eigenvalue weighted by molar-refractivity contribution is 7.74. The van der Waals surface area contributed by atoms with Crippen LogP contribution in [0.3, 0.4) is 0 Å². The number of nitrogens with one attached hydrogen (secondary N) is 2. The molecule has 1 saturated heterocycles. The van der Waals surface area contributed by atoms with E-state index in [1.807, 2.05) is 0 Å². The Balaban J connectivity index is 1.37. The molecular weight excluding hydrogens is 711 g/mol. The van der Waals surface area contributed by atoms with Crippen molar-refractivity contribution in [1.82, 2.24) is 20.3 Å². The van der Waals surface area contributed by atoms with Crippen LogP contribution < -0.4 is 32.6 Å². The number of aromatic nitrogens is 2. The molecule has 21 heteroatoms. The number of hydrogen-bond acceptors (Lipinski definition) is 15. The van der Waals surface area contributed by atoms with Gasteiger partial charge in [0.15, 0.2) is 10.8 Å². The number of benzene rings is 1. The van der Waals surface area contributed by atoms with Gasteiger partial charge in [-0.1, -0.05) is 23.7 Å². The summed E-state index contributed by atoms with van der Waals surface area (Å²) in [7, 11) is 0. The number of oxime groups is 1. The number of thiazole rings is 1. The lowest BCUT2D eigenvalue weighted by atomic mass is 9.84.